The number of aromatic nitrogens is 2. The second-order valence-electron chi connectivity index (χ2n) is 6.80. The molecule has 26 heavy (non-hydrogen) atoms. The zero-order chi connectivity index (χ0) is 18.1. The van der Waals surface area contributed by atoms with Gasteiger partial charge in [-0.2, -0.15) is 4.98 Å². The van der Waals surface area contributed by atoms with Crippen molar-refractivity contribution in [2.75, 3.05) is 13.1 Å². The molecule has 1 aromatic carbocycles. The Balaban J connectivity index is 1.41. The highest BCUT2D eigenvalue weighted by Gasteiger charge is 2.28. The fraction of sp³-hybridized carbons (Fsp3) is 0.350. The number of likely N-dealkylation sites (tertiary alicyclic amines) is 1. The third-order valence-corrected chi connectivity index (χ3v) is 5.79. The highest BCUT2D eigenvalue weighted by Crippen LogP contribution is 2.29. The van der Waals surface area contributed by atoms with Gasteiger partial charge in [0.2, 0.25) is 0 Å². The van der Waals surface area contributed by atoms with Crippen molar-refractivity contribution in [1.29, 1.82) is 0 Å². The minimum Gasteiger partial charge on any atom is -0.338 e. The number of thiophene rings is 1. The van der Waals surface area contributed by atoms with Crippen LogP contribution < -0.4 is 0 Å². The molecule has 0 radical (unpaired) electrons. The molecule has 3 heterocycles. The van der Waals surface area contributed by atoms with Gasteiger partial charge < -0.3 is 9.42 Å². The molecule has 0 N–H and O–H groups in total. The van der Waals surface area contributed by atoms with Crippen LogP contribution in [0.15, 0.2) is 40.9 Å². The number of piperidine rings is 1. The molecule has 1 fully saturated rings. The van der Waals surface area contributed by atoms with E-state index in [0.717, 1.165) is 47.8 Å². The van der Waals surface area contributed by atoms with E-state index in [1.54, 1.807) is 11.3 Å². The molecule has 0 unspecified atom stereocenters. The Hall–Kier alpha value is -2.47. The number of aryl methyl sites for hydroxylation is 2. The predicted molar refractivity (Wildman–Crippen MR) is 101 cm³/mol. The highest BCUT2D eigenvalue weighted by molar-refractivity contribution is 7.13. The number of benzene rings is 1. The molecule has 0 bridgehead atoms. The summed E-state index contributed by atoms with van der Waals surface area (Å²) >= 11 is 1.56. The maximum absolute atomic E-state index is 12.6. The molecular formula is C20H21N3O2S. The normalized spacial score (nSPS) is 15.4. The monoisotopic (exact) mass is 367 g/mol. The van der Waals surface area contributed by atoms with Crippen molar-refractivity contribution in [2.24, 2.45) is 0 Å². The quantitative estimate of drug-likeness (QED) is 0.687. The van der Waals surface area contributed by atoms with E-state index in [0.29, 0.717) is 5.89 Å². The Morgan fingerprint density at radius 2 is 2.00 bits per heavy atom. The molecule has 1 aliphatic rings. The summed E-state index contributed by atoms with van der Waals surface area (Å²) in [5.41, 5.74) is 2.11. The van der Waals surface area contributed by atoms with Gasteiger partial charge in [0.1, 0.15) is 0 Å². The van der Waals surface area contributed by atoms with Crippen molar-refractivity contribution in [3.8, 4) is 11.5 Å². The van der Waals surface area contributed by atoms with Gasteiger partial charge in [0.05, 0.1) is 4.88 Å². The van der Waals surface area contributed by atoms with Crippen LogP contribution in [0.25, 0.3) is 11.5 Å². The van der Waals surface area contributed by atoms with E-state index in [-0.39, 0.29) is 11.8 Å². The third-order valence-electron chi connectivity index (χ3n) is 4.81. The maximum Gasteiger partial charge on any atom is 0.263 e. The van der Waals surface area contributed by atoms with E-state index >= 15 is 0 Å². The summed E-state index contributed by atoms with van der Waals surface area (Å²) in [4.78, 5) is 21.1. The molecule has 1 saturated heterocycles. The van der Waals surface area contributed by atoms with E-state index in [9.17, 15) is 4.79 Å². The van der Waals surface area contributed by atoms with Gasteiger partial charge in [0, 0.05) is 29.4 Å². The lowest BCUT2D eigenvalue weighted by atomic mass is 9.96. The zero-order valence-corrected chi connectivity index (χ0v) is 15.8. The van der Waals surface area contributed by atoms with Crippen LogP contribution in [-0.4, -0.2) is 34.0 Å². The largest absolute Gasteiger partial charge is 0.338 e. The van der Waals surface area contributed by atoms with E-state index < -0.39 is 0 Å². The van der Waals surface area contributed by atoms with Crippen LogP contribution in [0.4, 0.5) is 0 Å². The van der Waals surface area contributed by atoms with Gasteiger partial charge in [-0.05, 0) is 51.0 Å². The van der Waals surface area contributed by atoms with Gasteiger partial charge in [-0.15, -0.1) is 11.3 Å². The van der Waals surface area contributed by atoms with Gasteiger partial charge in [0.15, 0.2) is 5.82 Å². The minimum atomic E-state index is 0.134. The lowest BCUT2D eigenvalue weighted by molar-refractivity contribution is 0.0715. The van der Waals surface area contributed by atoms with Crippen LogP contribution in [-0.2, 0) is 0 Å². The van der Waals surface area contributed by atoms with E-state index in [1.807, 2.05) is 55.1 Å². The third kappa shape index (κ3) is 3.42. The minimum absolute atomic E-state index is 0.134. The van der Waals surface area contributed by atoms with Crippen LogP contribution in [0.3, 0.4) is 0 Å². The molecule has 3 aromatic rings. The molecule has 5 nitrogen and oxygen atoms in total. The molecule has 0 atom stereocenters. The van der Waals surface area contributed by atoms with Gasteiger partial charge in [-0.3, -0.25) is 4.79 Å². The van der Waals surface area contributed by atoms with Crippen molar-refractivity contribution in [3.63, 3.8) is 0 Å². The molecule has 6 heteroatoms. The molecule has 0 spiro atoms. The molecule has 0 aliphatic carbocycles. The van der Waals surface area contributed by atoms with Crippen LogP contribution >= 0.6 is 11.3 Å². The summed E-state index contributed by atoms with van der Waals surface area (Å²) in [5.74, 6) is 1.69. The van der Waals surface area contributed by atoms with Crippen molar-refractivity contribution >= 4 is 17.2 Å². The average Bonchev–Trinajstić information content (AvgIpc) is 3.31. The summed E-state index contributed by atoms with van der Waals surface area (Å²) < 4.78 is 5.47. The van der Waals surface area contributed by atoms with Gasteiger partial charge >= 0.3 is 0 Å². The first kappa shape index (κ1) is 17.0. The fourth-order valence-corrected chi connectivity index (χ4v) is 4.18. The van der Waals surface area contributed by atoms with E-state index in [1.165, 1.54) is 4.88 Å². The molecule has 1 amide bonds. The summed E-state index contributed by atoms with van der Waals surface area (Å²) in [6, 6.07) is 12.0. The first-order valence-electron chi connectivity index (χ1n) is 8.86. The number of nitrogens with zero attached hydrogens (tertiary/aromatic N) is 3. The summed E-state index contributed by atoms with van der Waals surface area (Å²) in [6.45, 7) is 5.53. The molecular weight excluding hydrogens is 346 g/mol. The van der Waals surface area contributed by atoms with Crippen LogP contribution in [0, 0.1) is 13.8 Å². The fourth-order valence-electron chi connectivity index (χ4n) is 3.34. The summed E-state index contributed by atoms with van der Waals surface area (Å²) in [7, 11) is 0. The second-order valence-corrected chi connectivity index (χ2v) is 8.09. The van der Waals surface area contributed by atoms with Gasteiger partial charge in [-0.1, -0.05) is 22.9 Å². The maximum atomic E-state index is 12.6. The van der Waals surface area contributed by atoms with Crippen molar-refractivity contribution < 1.29 is 9.32 Å². The summed E-state index contributed by atoms with van der Waals surface area (Å²) in [5, 5.41) is 4.19. The SMILES string of the molecule is Cc1cccc(-c2nc(C3CCN(C(=O)c4ccc(C)s4)CC3)no2)c1. The number of hydrogen-bond donors (Lipinski definition) is 0. The zero-order valence-electron chi connectivity index (χ0n) is 14.9. The van der Waals surface area contributed by atoms with Crippen LogP contribution in [0.2, 0.25) is 0 Å². The Labute approximate surface area is 156 Å². The number of hydrogen-bond acceptors (Lipinski definition) is 5. The van der Waals surface area contributed by atoms with Crippen LogP contribution in [0.5, 0.6) is 0 Å². The second kappa shape index (κ2) is 7.03. The predicted octanol–water partition coefficient (Wildman–Crippen LogP) is 4.43. The topological polar surface area (TPSA) is 59.2 Å². The Morgan fingerprint density at radius 1 is 1.19 bits per heavy atom. The lowest BCUT2D eigenvalue weighted by Gasteiger charge is -2.30. The first-order chi connectivity index (χ1) is 12.6. The standard InChI is InChI=1S/C20H21N3O2S/c1-13-4-3-5-16(12-13)19-21-18(22-25-19)15-8-10-23(11-9-15)20(24)17-7-6-14(2)26-17/h3-7,12,15H,8-11H2,1-2H3. The molecule has 4 rings (SSSR count). The Morgan fingerprint density at radius 3 is 2.69 bits per heavy atom. The van der Waals surface area contributed by atoms with Gasteiger partial charge in [-0.25, -0.2) is 0 Å². The Kier molecular flexibility index (Phi) is 4.59. The van der Waals surface area contributed by atoms with Crippen molar-refractivity contribution in [3.05, 3.63) is 57.5 Å². The average molecular weight is 367 g/mol. The molecule has 134 valence electrons. The molecule has 1 aliphatic heterocycles. The van der Waals surface area contributed by atoms with E-state index in [4.69, 9.17) is 4.52 Å². The van der Waals surface area contributed by atoms with Crippen molar-refractivity contribution in [2.45, 2.75) is 32.6 Å². The van der Waals surface area contributed by atoms with Crippen LogP contribution in [0.1, 0.15) is 44.7 Å². The summed E-state index contributed by atoms with van der Waals surface area (Å²) in [6.07, 6.45) is 1.73. The number of rotatable bonds is 3. The lowest BCUT2D eigenvalue weighted by Crippen LogP contribution is -2.37. The number of carbonyl (C=O) groups is 1. The highest BCUT2D eigenvalue weighted by atomic mass is 32.1. The smallest absolute Gasteiger partial charge is 0.263 e. The molecule has 0 saturated carbocycles. The first-order valence-corrected chi connectivity index (χ1v) is 9.68. The van der Waals surface area contributed by atoms with Crippen molar-refractivity contribution in [1.82, 2.24) is 15.0 Å². The van der Waals surface area contributed by atoms with Gasteiger partial charge in [0.25, 0.3) is 11.8 Å². The Bertz CT molecular complexity index is 923. The van der Waals surface area contributed by atoms with E-state index in [2.05, 4.69) is 10.1 Å². The number of carbonyl (C=O) groups excluding carboxylic acids is 1. The molecule has 2 aromatic heterocycles. The number of amides is 1.